The summed E-state index contributed by atoms with van der Waals surface area (Å²) in [6.07, 6.45) is 1.40. The molecule has 3 rings (SSSR count). The molecule has 3 aromatic rings. The summed E-state index contributed by atoms with van der Waals surface area (Å²) in [7, 11) is -3.81. The Morgan fingerprint density at radius 1 is 1.17 bits per heavy atom. The van der Waals surface area contributed by atoms with Crippen molar-refractivity contribution in [1.29, 1.82) is 0 Å². The minimum absolute atomic E-state index is 0.124. The van der Waals surface area contributed by atoms with Crippen molar-refractivity contribution in [2.45, 2.75) is 28.7 Å². The summed E-state index contributed by atoms with van der Waals surface area (Å²) in [4.78, 5) is 13.1. The van der Waals surface area contributed by atoms with Crippen LogP contribution in [0, 0.1) is 6.92 Å². The fraction of sp³-hybridized carbons (Fsp3) is 0.150. The summed E-state index contributed by atoms with van der Waals surface area (Å²) in [5.74, 6) is -0.577. The van der Waals surface area contributed by atoms with Crippen LogP contribution < -0.4 is 4.72 Å². The first-order valence-electron chi connectivity index (χ1n) is 8.85. The van der Waals surface area contributed by atoms with E-state index in [0.717, 1.165) is 5.56 Å². The van der Waals surface area contributed by atoms with Gasteiger partial charge in [0.15, 0.2) is 0 Å². The van der Waals surface area contributed by atoms with E-state index in [1.165, 1.54) is 36.2 Å². The van der Waals surface area contributed by atoms with E-state index in [2.05, 4.69) is 14.9 Å². The van der Waals surface area contributed by atoms with Gasteiger partial charge >= 0.3 is 5.97 Å². The van der Waals surface area contributed by atoms with Gasteiger partial charge in [0, 0.05) is 10.6 Å². The number of nitrogens with zero attached hydrogens (tertiary/aromatic N) is 2. The Labute approximate surface area is 183 Å². The molecule has 10 heteroatoms. The second-order valence-corrected chi connectivity index (χ2v) is 9.35. The molecule has 0 amide bonds. The van der Waals surface area contributed by atoms with Crippen molar-refractivity contribution in [3.63, 3.8) is 0 Å². The first-order valence-corrected chi connectivity index (χ1v) is 11.5. The van der Waals surface area contributed by atoms with Crippen LogP contribution in [0.5, 0.6) is 0 Å². The molecule has 1 heterocycles. The molecule has 0 spiro atoms. The molecule has 0 saturated heterocycles. The van der Waals surface area contributed by atoms with E-state index in [1.54, 1.807) is 37.3 Å². The Balaban J connectivity index is 1.93. The molecule has 7 nitrogen and oxygen atoms in total. The highest BCUT2D eigenvalue weighted by atomic mass is 35.5. The Kier molecular flexibility index (Phi) is 6.96. The van der Waals surface area contributed by atoms with Crippen molar-refractivity contribution >= 4 is 45.0 Å². The molecule has 0 saturated carbocycles. The van der Waals surface area contributed by atoms with E-state index in [-0.39, 0.29) is 22.8 Å². The number of rotatable bonds is 7. The Morgan fingerprint density at radius 2 is 1.90 bits per heavy atom. The van der Waals surface area contributed by atoms with Gasteiger partial charge in [0.2, 0.25) is 0 Å². The van der Waals surface area contributed by atoms with Gasteiger partial charge in [-0.2, -0.15) is 5.10 Å². The van der Waals surface area contributed by atoms with Gasteiger partial charge in [0.25, 0.3) is 10.0 Å². The van der Waals surface area contributed by atoms with Crippen molar-refractivity contribution < 1.29 is 17.9 Å². The van der Waals surface area contributed by atoms with Gasteiger partial charge in [-0.1, -0.05) is 41.1 Å². The van der Waals surface area contributed by atoms with Crippen molar-refractivity contribution in [2.24, 2.45) is 0 Å². The largest absolute Gasteiger partial charge is 0.462 e. The lowest BCUT2D eigenvalue weighted by atomic mass is 10.2. The molecule has 156 valence electrons. The van der Waals surface area contributed by atoms with Crippen LogP contribution in [0.25, 0.3) is 0 Å². The van der Waals surface area contributed by atoms with Gasteiger partial charge < -0.3 is 4.74 Å². The van der Waals surface area contributed by atoms with Crippen LogP contribution in [-0.4, -0.2) is 31.2 Å². The van der Waals surface area contributed by atoms with Gasteiger partial charge in [-0.3, -0.25) is 4.72 Å². The minimum Gasteiger partial charge on any atom is -0.462 e. The lowest BCUT2D eigenvalue weighted by Crippen LogP contribution is -2.14. The summed E-state index contributed by atoms with van der Waals surface area (Å²) in [5, 5.41) is 8.66. The molecule has 0 aliphatic rings. The first-order chi connectivity index (χ1) is 14.3. The maximum atomic E-state index is 12.7. The van der Waals surface area contributed by atoms with Gasteiger partial charge in [0.1, 0.15) is 5.03 Å². The van der Waals surface area contributed by atoms with E-state index in [9.17, 15) is 13.2 Å². The number of aromatic nitrogens is 2. The zero-order chi connectivity index (χ0) is 21.7. The SMILES string of the molecule is CCOC(=O)c1cc(NS(=O)(=O)c2ccc(C)cc2)ccc1Sc1cc(Cl)cnn1. The summed E-state index contributed by atoms with van der Waals surface area (Å²) >= 11 is 7.12. The lowest BCUT2D eigenvalue weighted by molar-refractivity contribution is 0.0522. The lowest BCUT2D eigenvalue weighted by Gasteiger charge is -2.12. The number of halogens is 1. The van der Waals surface area contributed by atoms with E-state index < -0.39 is 16.0 Å². The average Bonchev–Trinajstić information content (AvgIpc) is 2.69. The second-order valence-electron chi connectivity index (χ2n) is 6.16. The number of hydrogen-bond acceptors (Lipinski definition) is 7. The van der Waals surface area contributed by atoms with Gasteiger partial charge in [0.05, 0.1) is 28.3 Å². The second kappa shape index (κ2) is 9.46. The molecule has 0 fully saturated rings. The van der Waals surface area contributed by atoms with Crippen molar-refractivity contribution in [2.75, 3.05) is 11.3 Å². The monoisotopic (exact) mass is 463 g/mol. The Hall–Kier alpha value is -2.62. The van der Waals surface area contributed by atoms with Crippen molar-refractivity contribution in [1.82, 2.24) is 10.2 Å². The summed E-state index contributed by atoms with van der Waals surface area (Å²) in [6, 6.07) is 12.7. The molecule has 0 aliphatic carbocycles. The molecule has 0 bridgehead atoms. The van der Waals surface area contributed by atoms with Crippen molar-refractivity contribution in [3.8, 4) is 0 Å². The van der Waals surface area contributed by atoms with E-state index in [4.69, 9.17) is 16.3 Å². The van der Waals surface area contributed by atoms with Crippen LogP contribution in [0.2, 0.25) is 5.02 Å². The molecule has 0 radical (unpaired) electrons. The minimum atomic E-state index is -3.81. The molecule has 2 aromatic carbocycles. The third kappa shape index (κ3) is 5.50. The number of anilines is 1. The van der Waals surface area contributed by atoms with E-state index in [1.807, 2.05) is 6.92 Å². The number of benzene rings is 2. The average molecular weight is 464 g/mol. The number of sulfonamides is 1. The smallest absolute Gasteiger partial charge is 0.339 e. The van der Waals surface area contributed by atoms with Crippen LogP contribution >= 0.6 is 23.4 Å². The predicted octanol–water partition coefficient (Wildman–Crippen LogP) is 4.57. The third-order valence-electron chi connectivity index (χ3n) is 3.87. The molecule has 1 N–H and O–H groups in total. The molecule has 0 aliphatic heterocycles. The first kappa shape index (κ1) is 22.1. The van der Waals surface area contributed by atoms with Crippen LogP contribution in [-0.2, 0) is 14.8 Å². The van der Waals surface area contributed by atoms with Gasteiger partial charge in [-0.05, 0) is 50.2 Å². The number of carbonyl (C=O) groups is 1. The van der Waals surface area contributed by atoms with Crippen LogP contribution in [0.15, 0.2) is 69.5 Å². The topological polar surface area (TPSA) is 98.2 Å². The number of aryl methyl sites for hydroxylation is 1. The van der Waals surface area contributed by atoms with E-state index in [0.29, 0.717) is 14.9 Å². The van der Waals surface area contributed by atoms with Crippen molar-refractivity contribution in [3.05, 3.63) is 70.9 Å². The highest BCUT2D eigenvalue weighted by Crippen LogP contribution is 2.32. The zero-order valence-corrected chi connectivity index (χ0v) is 18.5. The van der Waals surface area contributed by atoms with Gasteiger partial charge in [-0.15, -0.1) is 5.10 Å². The molecule has 0 atom stereocenters. The molecule has 0 unspecified atom stereocenters. The van der Waals surface area contributed by atoms with Crippen LogP contribution in [0.1, 0.15) is 22.8 Å². The quantitative estimate of drug-likeness (QED) is 0.512. The predicted molar refractivity (Wildman–Crippen MR) is 116 cm³/mol. The summed E-state index contributed by atoms with van der Waals surface area (Å²) in [6.45, 7) is 3.74. The summed E-state index contributed by atoms with van der Waals surface area (Å²) in [5.41, 5.74) is 1.39. The van der Waals surface area contributed by atoms with Crippen LogP contribution in [0.3, 0.4) is 0 Å². The number of nitrogens with one attached hydrogen (secondary N) is 1. The number of hydrogen-bond donors (Lipinski definition) is 1. The maximum absolute atomic E-state index is 12.7. The Bertz CT molecular complexity index is 1170. The van der Waals surface area contributed by atoms with E-state index >= 15 is 0 Å². The number of ether oxygens (including phenoxy) is 1. The number of esters is 1. The molecule has 30 heavy (non-hydrogen) atoms. The van der Waals surface area contributed by atoms with Gasteiger partial charge in [-0.25, -0.2) is 13.2 Å². The fourth-order valence-corrected chi connectivity index (χ4v) is 4.62. The Morgan fingerprint density at radius 3 is 2.57 bits per heavy atom. The molecular weight excluding hydrogens is 446 g/mol. The third-order valence-corrected chi connectivity index (χ3v) is 6.46. The maximum Gasteiger partial charge on any atom is 0.339 e. The van der Waals surface area contributed by atoms with Crippen LogP contribution in [0.4, 0.5) is 5.69 Å². The fourth-order valence-electron chi connectivity index (χ4n) is 2.47. The highest BCUT2D eigenvalue weighted by molar-refractivity contribution is 7.99. The highest BCUT2D eigenvalue weighted by Gasteiger charge is 2.19. The summed E-state index contributed by atoms with van der Waals surface area (Å²) < 4.78 is 33.0. The molecule has 1 aromatic heterocycles. The normalized spacial score (nSPS) is 11.2. The standard InChI is InChI=1S/C20H18ClN3O4S2/c1-3-28-20(25)17-11-15(24-30(26,27)16-7-4-13(2)5-8-16)6-9-18(17)29-19-10-14(21)12-22-23-19/h4-12,24H,3H2,1-2H3. The zero-order valence-electron chi connectivity index (χ0n) is 16.1. The molecular formula is C20H18ClN3O4S2. The number of carbonyl (C=O) groups excluding carboxylic acids is 1.